The van der Waals surface area contributed by atoms with Crippen LogP contribution >= 0.6 is 12.4 Å². The van der Waals surface area contributed by atoms with Gasteiger partial charge in [-0.05, 0) is 25.2 Å². The number of nitrogens with zero attached hydrogens (tertiary/aromatic N) is 1. The van der Waals surface area contributed by atoms with Crippen LogP contribution in [0.1, 0.15) is 46.5 Å². The maximum atomic E-state index is 12.1. The summed E-state index contributed by atoms with van der Waals surface area (Å²) in [5.74, 6) is 0.186. The van der Waals surface area contributed by atoms with E-state index in [9.17, 15) is 13.2 Å². The standard InChI is InChI=1S/C14H29N3O3S.ClH/c1-4-5-13(15)14(18)16-12-6-8-17(9-7-12)21(19,20)10-11(2)3;/h11-13H,4-10,15H2,1-3H3,(H,16,18);1H. The number of piperidine rings is 1. The average molecular weight is 356 g/mol. The van der Waals surface area contributed by atoms with Crippen molar-refractivity contribution in [3.63, 3.8) is 0 Å². The van der Waals surface area contributed by atoms with E-state index in [0.29, 0.717) is 32.4 Å². The van der Waals surface area contributed by atoms with E-state index < -0.39 is 16.1 Å². The van der Waals surface area contributed by atoms with Gasteiger partial charge in [0.2, 0.25) is 15.9 Å². The van der Waals surface area contributed by atoms with Gasteiger partial charge in [0.15, 0.2) is 0 Å². The molecular weight excluding hydrogens is 326 g/mol. The van der Waals surface area contributed by atoms with Crippen LogP contribution in [0.2, 0.25) is 0 Å². The summed E-state index contributed by atoms with van der Waals surface area (Å²) in [4.78, 5) is 11.9. The van der Waals surface area contributed by atoms with Gasteiger partial charge in [0.05, 0.1) is 11.8 Å². The summed E-state index contributed by atoms with van der Waals surface area (Å²) in [6.07, 6.45) is 2.86. The quantitative estimate of drug-likeness (QED) is 0.715. The minimum Gasteiger partial charge on any atom is -0.352 e. The van der Waals surface area contributed by atoms with Crippen LogP contribution in [-0.2, 0) is 14.8 Å². The lowest BCUT2D eigenvalue weighted by Crippen LogP contribution is -2.50. The predicted octanol–water partition coefficient (Wildman–Crippen LogP) is 1.10. The molecule has 1 aliphatic rings. The molecule has 0 aliphatic carbocycles. The van der Waals surface area contributed by atoms with Crippen molar-refractivity contribution in [2.45, 2.75) is 58.5 Å². The number of rotatable bonds is 7. The number of carbonyl (C=O) groups is 1. The number of carbonyl (C=O) groups excluding carboxylic acids is 1. The minimum absolute atomic E-state index is 0. The second-order valence-electron chi connectivity index (χ2n) is 6.25. The third-order valence-corrected chi connectivity index (χ3v) is 5.91. The van der Waals surface area contributed by atoms with Gasteiger partial charge in [-0.15, -0.1) is 12.4 Å². The molecule has 1 saturated heterocycles. The molecule has 0 aromatic heterocycles. The zero-order valence-electron chi connectivity index (χ0n) is 13.7. The Hall–Kier alpha value is -0.370. The van der Waals surface area contributed by atoms with E-state index in [-0.39, 0.29) is 36.0 Å². The normalized spacial score (nSPS) is 18.8. The molecule has 1 atom stereocenters. The molecule has 0 aromatic carbocycles. The largest absolute Gasteiger partial charge is 0.352 e. The molecule has 0 spiro atoms. The third kappa shape index (κ3) is 6.81. The van der Waals surface area contributed by atoms with Gasteiger partial charge in [0.1, 0.15) is 0 Å². The molecule has 6 nitrogen and oxygen atoms in total. The molecule has 1 amide bonds. The molecule has 0 bridgehead atoms. The van der Waals surface area contributed by atoms with Crippen LogP contribution < -0.4 is 11.1 Å². The third-order valence-electron chi connectivity index (χ3n) is 3.67. The van der Waals surface area contributed by atoms with E-state index >= 15 is 0 Å². The second-order valence-corrected chi connectivity index (χ2v) is 8.26. The van der Waals surface area contributed by atoms with Gasteiger partial charge in [0.25, 0.3) is 0 Å². The van der Waals surface area contributed by atoms with E-state index in [1.54, 1.807) is 4.31 Å². The zero-order chi connectivity index (χ0) is 16.0. The topological polar surface area (TPSA) is 92.5 Å². The van der Waals surface area contributed by atoms with Crippen LogP contribution in [-0.4, -0.2) is 49.6 Å². The van der Waals surface area contributed by atoms with E-state index in [2.05, 4.69) is 5.32 Å². The first-order valence-electron chi connectivity index (χ1n) is 7.80. The Morgan fingerprint density at radius 2 is 1.86 bits per heavy atom. The Morgan fingerprint density at radius 1 is 1.32 bits per heavy atom. The lowest BCUT2D eigenvalue weighted by molar-refractivity contribution is -0.123. The van der Waals surface area contributed by atoms with Crippen molar-refractivity contribution in [1.82, 2.24) is 9.62 Å². The number of nitrogens with two attached hydrogens (primary N) is 1. The summed E-state index contributed by atoms with van der Waals surface area (Å²) in [7, 11) is -3.16. The maximum Gasteiger partial charge on any atom is 0.237 e. The smallest absolute Gasteiger partial charge is 0.237 e. The number of halogens is 1. The van der Waals surface area contributed by atoms with Crippen molar-refractivity contribution < 1.29 is 13.2 Å². The number of amides is 1. The van der Waals surface area contributed by atoms with Crippen LogP contribution in [0.15, 0.2) is 0 Å². The summed E-state index contributed by atoms with van der Waals surface area (Å²) in [5.41, 5.74) is 5.78. The Kier molecular flexibility index (Phi) is 9.54. The summed E-state index contributed by atoms with van der Waals surface area (Å²) >= 11 is 0. The first-order chi connectivity index (χ1) is 9.76. The molecular formula is C14H30ClN3O3S. The van der Waals surface area contributed by atoms with Crippen molar-refractivity contribution in [1.29, 1.82) is 0 Å². The molecule has 1 unspecified atom stereocenters. The highest BCUT2D eigenvalue weighted by Crippen LogP contribution is 2.16. The SMILES string of the molecule is CCCC(N)C(=O)NC1CCN(S(=O)(=O)CC(C)C)CC1.Cl. The molecule has 1 fully saturated rings. The van der Waals surface area contributed by atoms with Gasteiger partial charge in [-0.1, -0.05) is 27.2 Å². The number of nitrogens with one attached hydrogen (secondary N) is 1. The van der Waals surface area contributed by atoms with E-state index in [4.69, 9.17) is 5.73 Å². The summed E-state index contributed by atoms with van der Waals surface area (Å²) in [6, 6.07) is -0.427. The van der Waals surface area contributed by atoms with Crippen LogP contribution in [0.5, 0.6) is 0 Å². The molecule has 22 heavy (non-hydrogen) atoms. The molecule has 132 valence electrons. The van der Waals surface area contributed by atoms with Crippen molar-refractivity contribution in [3.05, 3.63) is 0 Å². The van der Waals surface area contributed by atoms with Gasteiger partial charge in [-0.25, -0.2) is 12.7 Å². The Bertz CT molecular complexity index is 435. The van der Waals surface area contributed by atoms with Crippen molar-refractivity contribution >= 4 is 28.3 Å². The second kappa shape index (κ2) is 9.70. The molecule has 3 N–H and O–H groups in total. The molecule has 1 rings (SSSR count). The monoisotopic (exact) mass is 355 g/mol. The van der Waals surface area contributed by atoms with E-state index in [1.807, 2.05) is 20.8 Å². The van der Waals surface area contributed by atoms with Gasteiger partial charge < -0.3 is 11.1 Å². The maximum absolute atomic E-state index is 12.1. The van der Waals surface area contributed by atoms with Crippen molar-refractivity contribution in [2.24, 2.45) is 11.7 Å². The van der Waals surface area contributed by atoms with Crippen LogP contribution in [0, 0.1) is 5.92 Å². The molecule has 8 heteroatoms. The lowest BCUT2D eigenvalue weighted by atomic mass is 10.1. The highest BCUT2D eigenvalue weighted by molar-refractivity contribution is 7.89. The van der Waals surface area contributed by atoms with Gasteiger partial charge in [-0.3, -0.25) is 4.79 Å². The Morgan fingerprint density at radius 3 is 2.32 bits per heavy atom. The van der Waals surface area contributed by atoms with Crippen LogP contribution in [0.25, 0.3) is 0 Å². The first-order valence-corrected chi connectivity index (χ1v) is 9.41. The van der Waals surface area contributed by atoms with Crippen molar-refractivity contribution in [3.8, 4) is 0 Å². The number of hydrogen-bond donors (Lipinski definition) is 2. The molecule has 0 aromatic rings. The Labute approximate surface area is 140 Å². The van der Waals surface area contributed by atoms with Crippen molar-refractivity contribution in [2.75, 3.05) is 18.8 Å². The van der Waals surface area contributed by atoms with E-state index in [0.717, 1.165) is 6.42 Å². The molecule has 1 heterocycles. The van der Waals surface area contributed by atoms with Crippen LogP contribution in [0.3, 0.4) is 0 Å². The molecule has 1 aliphatic heterocycles. The summed E-state index contributed by atoms with van der Waals surface area (Å²) in [5, 5.41) is 2.93. The average Bonchev–Trinajstić information content (AvgIpc) is 2.38. The zero-order valence-corrected chi connectivity index (χ0v) is 15.4. The lowest BCUT2D eigenvalue weighted by Gasteiger charge is -2.32. The van der Waals surface area contributed by atoms with Crippen LogP contribution in [0.4, 0.5) is 0 Å². The number of hydrogen-bond acceptors (Lipinski definition) is 4. The fourth-order valence-corrected chi connectivity index (χ4v) is 4.38. The van der Waals surface area contributed by atoms with Gasteiger partial charge >= 0.3 is 0 Å². The fourth-order valence-electron chi connectivity index (χ4n) is 2.56. The predicted molar refractivity (Wildman–Crippen MR) is 91.5 cm³/mol. The molecule has 0 radical (unpaired) electrons. The summed E-state index contributed by atoms with van der Waals surface area (Å²) < 4.78 is 25.8. The fraction of sp³-hybridized carbons (Fsp3) is 0.929. The van der Waals surface area contributed by atoms with Gasteiger partial charge in [-0.2, -0.15) is 0 Å². The molecule has 0 saturated carbocycles. The van der Waals surface area contributed by atoms with Gasteiger partial charge in [0, 0.05) is 19.1 Å². The summed E-state index contributed by atoms with van der Waals surface area (Å²) in [6.45, 7) is 6.75. The highest BCUT2D eigenvalue weighted by atomic mass is 35.5. The number of sulfonamides is 1. The Balaban J connectivity index is 0.00000441. The first kappa shape index (κ1) is 21.6. The van der Waals surface area contributed by atoms with E-state index in [1.165, 1.54) is 0 Å². The highest BCUT2D eigenvalue weighted by Gasteiger charge is 2.29. The minimum atomic E-state index is -3.16.